The van der Waals surface area contributed by atoms with Gasteiger partial charge < -0.3 is 10.2 Å². The first-order valence-corrected chi connectivity index (χ1v) is 9.48. The minimum atomic E-state index is -0.0240. The number of halogens is 1. The molecule has 0 aliphatic rings. The first-order chi connectivity index (χ1) is 13.1. The summed E-state index contributed by atoms with van der Waals surface area (Å²) in [4.78, 5) is 23.9. The molecular weight excluding hydrogens is 372 g/mol. The number of nitrogens with zero attached hydrogens (tertiary/aromatic N) is 3. The first kappa shape index (κ1) is 21.6. The van der Waals surface area contributed by atoms with E-state index in [0.29, 0.717) is 24.3 Å². The van der Waals surface area contributed by atoms with Gasteiger partial charge in [-0.05, 0) is 57.0 Å². The third-order valence-electron chi connectivity index (χ3n) is 4.75. The highest BCUT2D eigenvalue weighted by molar-refractivity contribution is 6.07. The number of amides is 1. The normalized spacial score (nSPS) is 10.4. The van der Waals surface area contributed by atoms with Gasteiger partial charge in [0.15, 0.2) is 5.65 Å². The Labute approximate surface area is 172 Å². The number of benzene rings is 1. The van der Waals surface area contributed by atoms with Crippen LogP contribution in [-0.4, -0.2) is 33.9 Å². The molecule has 0 spiro atoms. The van der Waals surface area contributed by atoms with Gasteiger partial charge in [0.1, 0.15) is 0 Å². The zero-order valence-corrected chi connectivity index (χ0v) is 17.6. The van der Waals surface area contributed by atoms with Crippen molar-refractivity contribution in [1.82, 2.24) is 14.9 Å². The van der Waals surface area contributed by atoms with E-state index >= 15 is 0 Å². The number of rotatable bonds is 6. The highest BCUT2D eigenvalue weighted by Crippen LogP contribution is 2.30. The van der Waals surface area contributed by atoms with Crippen LogP contribution in [0.5, 0.6) is 0 Å². The van der Waals surface area contributed by atoms with Crippen LogP contribution in [0, 0.1) is 6.92 Å². The van der Waals surface area contributed by atoms with Crippen molar-refractivity contribution in [3.63, 3.8) is 0 Å². The van der Waals surface area contributed by atoms with Crippen LogP contribution in [0.4, 0.5) is 11.4 Å². The third kappa shape index (κ3) is 4.42. The van der Waals surface area contributed by atoms with Crippen molar-refractivity contribution in [2.75, 3.05) is 18.4 Å². The molecule has 1 N–H and O–H groups in total. The molecule has 3 rings (SSSR count). The van der Waals surface area contributed by atoms with Crippen LogP contribution in [0.1, 0.15) is 42.4 Å². The summed E-state index contributed by atoms with van der Waals surface area (Å²) in [6, 6.07) is 12.2. The standard InChI is InChI=1S/C22H26N4O.ClH/c1-5-16-9-8-10-17(13-16)25-20-18-12-11-15(4)24-21(18)23-14-19(20)22(27)26(6-2)7-3;/h8-14H,5-7H2,1-4H3,(H,23,24,25);1H. The number of anilines is 2. The molecule has 0 aliphatic carbocycles. The number of hydrogen-bond acceptors (Lipinski definition) is 4. The number of aromatic nitrogens is 2. The number of nitrogens with one attached hydrogen (secondary N) is 1. The Morgan fingerprint density at radius 1 is 1.11 bits per heavy atom. The van der Waals surface area contributed by atoms with Gasteiger partial charge in [-0.1, -0.05) is 19.1 Å². The van der Waals surface area contributed by atoms with Gasteiger partial charge in [-0.25, -0.2) is 9.97 Å². The minimum absolute atomic E-state index is 0. The number of pyridine rings is 2. The fraction of sp³-hybridized carbons (Fsp3) is 0.318. The minimum Gasteiger partial charge on any atom is -0.354 e. The topological polar surface area (TPSA) is 58.1 Å². The maximum absolute atomic E-state index is 13.1. The molecule has 148 valence electrons. The van der Waals surface area contributed by atoms with Crippen molar-refractivity contribution >= 4 is 40.7 Å². The highest BCUT2D eigenvalue weighted by Gasteiger charge is 2.20. The molecule has 6 heteroatoms. The third-order valence-corrected chi connectivity index (χ3v) is 4.75. The number of hydrogen-bond donors (Lipinski definition) is 1. The van der Waals surface area contributed by atoms with Crippen molar-refractivity contribution < 1.29 is 4.79 Å². The van der Waals surface area contributed by atoms with Gasteiger partial charge >= 0.3 is 0 Å². The molecule has 0 atom stereocenters. The van der Waals surface area contributed by atoms with Gasteiger partial charge in [0.2, 0.25) is 0 Å². The number of aryl methyl sites for hydroxylation is 2. The van der Waals surface area contributed by atoms with Crippen molar-refractivity contribution in [2.24, 2.45) is 0 Å². The predicted molar refractivity (Wildman–Crippen MR) is 118 cm³/mol. The molecule has 0 aliphatic heterocycles. The van der Waals surface area contributed by atoms with Gasteiger partial charge in [-0.2, -0.15) is 0 Å². The van der Waals surface area contributed by atoms with Crippen LogP contribution in [0.15, 0.2) is 42.6 Å². The molecule has 2 aromatic heterocycles. The summed E-state index contributed by atoms with van der Waals surface area (Å²) in [7, 11) is 0. The lowest BCUT2D eigenvalue weighted by atomic mass is 10.1. The molecule has 0 fully saturated rings. The van der Waals surface area contributed by atoms with Crippen LogP contribution in [-0.2, 0) is 6.42 Å². The average Bonchev–Trinajstić information content (AvgIpc) is 2.69. The van der Waals surface area contributed by atoms with E-state index in [1.54, 1.807) is 11.1 Å². The fourth-order valence-electron chi connectivity index (χ4n) is 3.16. The van der Waals surface area contributed by atoms with E-state index in [1.807, 2.05) is 45.0 Å². The smallest absolute Gasteiger partial charge is 0.257 e. The van der Waals surface area contributed by atoms with Crippen molar-refractivity contribution in [3.05, 3.63) is 59.4 Å². The van der Waals surface area contributed by atoms with Crippen LogP contribution in [0.25, 0.3) is 11.0 Å². The molecule has 0 saturated heterocycles. The second-order valence-electron chi connectivity index (χ2n) is 6.53. The van der Waals surface area contributed by atoms with Crippen molar-refractivity contribution in [1.29, 1.82) is 0 Å². The highest BCUT2D eigenvalue weighted by atomic mass is 35.5. The average molecular weight is 399 g/mol. The lowest BCUT2D eigenvalue weighted by molar-refractivity contribution is 0.0774. The molecule has 3 aromatic rings. The van der Waals surface area contributed by atoms with E-state index < -0.39 is 0 Å². The Morgan fingerprint density at radius 2 is 1.86 bits per heavy atom. The van der Waals surface area contributed by atoms with Crippen LogP contribution >= 0.6 is 12.4 Å². The molecular formula is C22H27ClN4O. The summed E-state index contributed by atoms with van der Waals surface area (Å²) in [6.07, 6.45) is 2.60. The molecule has 2 heterocycles. The van der Waals surface area contributed by atoms with E-state index in [0.717, 1.165) is 28.9 Å². The fourth-order valence-corrected chi connectivity index (χ4v) is 3.16. The van der Waals surface area contributed by atoms with Crippen LogP contribution in [0.2, 0.25) is 0 Å². The Kier molecular flexibility index (Phi) is 7.35. The predicted octanol–water partition coefficient (Wildman–Crippen LogP) is 5.15. The van der Waals surface area contributed by atoms with Crippen molar-refractivity contribution in [2.45, 2.75) is 34.1 Å². The van der Waals surface area contributed by atoms with Gasteiger partial charge in [0, 0.05) is 36.1 Å². The summed E-state index contributed by atoms with van der Waals surface area (Å²) in [5.41, 5.74) is 5.06. The summed E-state index contributed by atoms with van der Waals surface area (Å²) in [5, 5.41) is 4.31. The van der Waals surface area contributed by atoms with Gasteiger partial charge in [0.05, 0.1) is 11.3 Å². The molecule has 0 bridgehead atoms. The number of fused-ring (bicyclic) bond motifs is 1. The van der Waals surface area contributed by atoms with E-state index in [9.17, 15) is 4.79 Å². The first-order valence-electron chi connectivity index (χ1n) is 9.48. The largest absolute Gasteiger partial charge is 0.354 e. The lowest BCUT2D eigenvalue weighted by Gasteiger charge is -2.21. The van der Waals surface area contributed by atoms with E-state index in [2.05, 4.69) is 34.3 Å². The van der Waals surface area contributed by atoms with Crippen LogP contribution in [0.3, 0.4) is 0 Å². The number of carbonyl (C=O) groups excluding carboxylic acids is 1. The lowest BCUT2D eigenvalue weighted by Crippen LogP contribution is -2.31. The summed E-state index contributed by atoms with van der Waals surface area (Å²) in [5.74, 6) is -0.0240. The zero-order valence-electron chi connectivity index (χ0n) is 16.8. The summed E-state index contributed by atoms with van der Waals surface area (Å²) in [6.45, 7) is 9.35. The summed E-state index contributed by atoms with van der Waals surface area (Å²) >= 11 is 0. The van der Waals surface area contributed by atoms with Gasteiger partial charge in [0.25, 0.3) is 5.91 Å². The Morgan fingerprint density at radius 3 is 2.54 bits per heavy atom. The van der Waals surface area contributed by atoms with Crippen LogP contribution < -0.4 is 5.32 Å². The molecule has 0 radical (unpaired) electrons. The molecule has 28 heavy (non-hydrogen) atoms. The quantitative estimate of drug-likeness (QED) is 0.623. The Hall–Kier alpha value is -2.66. The Balaban J connectivity index is 0.00000280. The SMILES string of the molecule is CCc1cccc(Nc2c(C(=O)N(CC)CC)cnc3nc(C)ccc23)c1.Cl. The maximum atomic E-state index is 13.1. The second-order valence-corrected chi connectivity index (χ2v) is 6.53. The van der Waals surface area contributed by atoms with E-state index in [1.165, 1.54) is 5.56 Å². The molecule has 0 saturated carbocycles. The van der Waals surface area contributed by atoms with Crippen molar-refractivity contribution in [3.8, 4) is 0 Å². The van der Waals surface area contributed by atoms with Gasteiger partial charge in [-0.3, -0.25) is 4.79 Å². The monoisotopic (exact) mass is 398 g/mol. The van der Waals surface area contributed by atoms with E-state index in [4.69, 9.17) is 0 Å². The maximum Gasteiger partial charge on any atom is 0.257 e. The van der Waals surface area contributed by atoms with E-state index in [-0.39, 0.29) is 18.3 Å². The second kappa shape index (κ2) is 9.51. The molecule has 1 aromatic carbocycles. The molecule has 0 unspecified atom stereocenters. The molecule has 5 nitrogen and oxygen atoms in total. The zero-order chi connectivity index (χ0) is 19.4. The summed E-state index contributed by atoms with van der Waals surface area (Å²) < 4.78 is 0. The number of carbonyl (C=O) groups is 1. The van der Waals surface area contributed by atoms with Gasteiger partial charge in [-0.15, -0.1) is 12.4 Å². The molecule has 1 amide bonds. The Bertz CT molecular complexity index is 970.